The van der Waals surface area contributed by atoms with Crippen LogP contribution in [0.3, 0.4) is 0 Å². The van der Waals surface area contributed by atoms with Crippen molar-refractivity contribution in [2.24, 2.45) is 0 Å². The number of nitrogens with zero attached hydrogens (tertiary/aromatic N) is 1. The van der Waals surface area contributed by atoms with Crippen LogP contribution >= 0.6 is 11.6 Å². The van der Waals surface area contributed by atoms with Crippen molar-refractivity contribution >= 4 is 23.0 Å². The van der Waals surface area contributed by atoms with Crippen LogP contribution in [0.15, 0.2) is 36.4 Å². The molecule has 0 aromatic heterocycles. The highest BCUT2D eigenvalue weighted by molar-refractivity contribution is 6.30. The lowest BCUT2D eigenvalue weighted by molar-refractivity contribution is -0.385. The van der Waals surface area contributed by atoms with Gasteiger partial charge in [0.1, 0.15) is 5.69 Å². The molecule has 0 saturated carbocycles. The fourth-order valence-electron chi connectivity index (χ4n) is 1.88. The first kappa shape index (κ1) is 15.2. The number of non-ortho nitro benzene ring substituents is 1. The summed E-state index contributed by atoms with van der Waals surface area (Å²) in [4.78, 5) is 9.68. The minimum absolute atomic E-state index is 0.409. The molecule has 2 rings (SSSR count). The molecule has 0 fully saturated rings. The summed E-state index contributed by atoms with van der Waals surface area (Å²) in [7, 11) is 0. The Morgan fingerprint density at radius 3 is 2.38 bits per heavy atom. The molecule has 0 aliphatic carbocycles. The average molecular weight is 313 g/mol. The smallest absolute Gasteiger partial charge is 0.275 e. The third-order valence-corrected chi connectivity index (χ3v) is 3.18. The quantitative estimate of drug-likeness (QED) is 0.657. The lowest BCUT2D eigenvalue weighted by Gasteiger charge is -2.17. The van der Waals surface area contributed by atoms with Gasteiger partial charge < -0.3 is 5.32 Å². The fourth-order valence-corrected chi connectivity index (χ4v) is 2.08. The van der Waals surface area contributed by atoms with Crippen molar-refractivity contribution in [3.8, 4) is 0 Å². The van der Waals surface area contributed by atoms with Crippen LogP contribution in [-0.2, 0) is 0 Å². The van der Waals surface area contributed by atoms with Gasteiger partial charge in [0.05, 0.1) is 17.1 Å². The number of rotatable bonds is 4. The SMILES string of the molecule is CC(Nc1c(F)cc([N+](=O)[O-])cc1F)c1cccc(Cl)c1. The zero-order chi connectivity index (χ0) is 15.6. The summed E-state index contributed by atoms with van der Waals surface area (Å²) >= 11 is 5.86. The van der Waals surface area contributed by atoms with Crippen molar-refractivity contribution in [3.05, 3.63) is 68.7 Å². The predicted octanol–water partition coefficient (Wildman–Crippen LogP) is 4.70. The van der Waals surface area contributed by atoms with E-state index in [0.717, 1.165) is 5.56 Å². The molecule has 0 heterocycles. The summed E-state index contributed by atoms with van der Waals surface area (Å²) in [6.45, 7) is 1.70. The molecule has 2 aromatic carbocycles. The molecule has 0 aliphatic heterocycles. The molecule has 7 heteroatoms. The van der Waals surface area contributed by atoms with E-state index in [-0.39, 0.29) is 0 Å². The molecule has 1 unspecified atom stereocenters. The Kier molecular flexibility index (Phi) is 4.37. The third-order valence-electron chi connectivity index (χ3n) is 2.95. The molecule has 4 nitrogen and oxygen atoms in total. The molecule has 0 bridgehead atoms. The summed E-state index contributed by atoms with van der Waals surface area (Å²) in [6.07, 6.45) is 0. The van der Waals surface area contributed by atoms with E-state index < -0.39 is 34.0 Å². The van der Waals surface area contributed by atoms with E-state index in [1.54, 1.807) is 31.2 Å². The second kappa shape index (κ2) is 6.05. The molecular weight excluding hydrogens is 302 g/mol. The van der Waals surface area contributed by atoms with Crippen LogP contribution in [0, 0.1) is 21.7 Å². The highest BCUT2D eigenvalue weighted by Crippen LogP contribution is 2.28. The maximum absolute atomic E-state index is 13.8. The number of halogens is 3. The van der Waals surface area contributed by atoms with E-state index in [1.165, 1.54) is 0 Å². The Morgan fingerprint density at radius 1 is 1.24 bits per heavy atom. The Morgan fingerprint density at radius 2 is 1.86 bits per heavy atom. The molecule has 1 N–H and O–H groups in total. The number of nitro benzene ring substituents is 1. The third kappa shape index (κ3) is 3.46. The number of nitrogens with one attached hydrogen (secondary N) is 1. The van der Waals surface area contributed by atoms with E-state index in [4.69, 9.17) is 11.6 Å². The second-order valence-electron chi connectivity index (χ2n) is 4.46. The van der Waals surface area contributed by atoms with Crippen molar-refractivity contribution in [1.82, 2.24) is 0 Å². The lowest BCUT2D eigenvalue weighted by Crippen LogP contribution is -2.10. The minimum atomic E-state index is -1.02. The standard InChI is InChI=1S/C14H11ClF2N2O2/c1-8(9-3-2-4-10(15)5-9)18-14-12(16)6-11(19(20)21)7-13(14)17/h2-8,18H,1H3. The van der Waals surface area contributed by atoms with Gasteiger partial charge in [0.25, 0.3) is 5.69 Å². The van der Waals surface area contributed by atoms with Gasteiger partial charge in [0.2, 0.25) is 0 Å². The summed E-state index contributed by atoms with van der Waals surface area (Å²) in [6, 6.07) is 7.76. The maximum Gasteiger partial charge on any atom is 0.275 e. The molecular formula is C14H11ClF2N2O2. The number of benzene rings is 2. The van der Waals surface area contributed by atoms with Gasteiger partial charge in [0.15, 0.2) is 11.6 Å². The molecule has 21 heavy (non-hydrogen) atoms. The van der Waals surface area contributed by atoms with E-state index in [1.807, 2.05) is 0 Å². The highest BCUT2D eigenvalue weighted by atomic mass is 35.5. The molecule has 0 saturated heterocycles. The van der Waals surface area contributed by atoms with Gasteiger partial charge in [0, 0.05) is 11.1 Å². The normalized spacial score (nSPS) is 12.0. The molecule has 110 valence electrons. The van der Waals surface area contributed by atoms with Gasteiger partial charge >= 0.3 is 0 Å². The average Bonchev–Trinajstić information content (AvgIpc) is 2.42. The van der Waals surface area contributed by atoms with E-state index in [2.05, 4.69) is 5.32 Å². The van der Waals surface area contributed by atoms with Gasteiger partial charge in [-0.3, -0.25) is 10.1 Å². The number of anilines is 1. The summed E-state index contributed by atoms with van der Waals surface area (Å²) in [5, 5.41) is 13.7. The Labute approximate surface area is 124 Å². The first-order valence-corrected chi connectivity index (χ1v) is 6.41. The molecule has 1 atom stereocenters. The van der Waals surface area contributed by atoms with Crippen LogP contribution in [-0.4, -0.2) is 4.92 Å². The number of hydrogen-bond donors (Lipinski definition) is 1. The highest BCUT2D eigenvalue weighted by Gasteiger charge is 2.18. The minimum Gasteiger partial charge on any atom is -0.374 e. The molecule has 0 aliphatic rings. The van der Waals surface area contributed by atoms with Crippen LogP contribution < -0.4 is 5.32 Å². The fraction of sp³-hybridized carbons (Fsp3) is 0.143. The number of nitro groups is 1. The van der Waals surface area contributed by atoms with Crippen molar-refractivity contribution in [3.63, 3.8) is 0 Å². The second-order valence-corrected chi connectivity index (χ2v) is 4.90. The van der Waals surface area contributed by atoms with Crippen LogP contribution in [0.2, 0.25) is 5.02 Å². The van der Waals surface area contributed by atoms with E-state index in [0.29, 0.717) is 17.2 Å². The summed E-state index contributed by atoms with van der Waals surface area (Å²) in [5.41, 5.74) is -0.307. The van der Waals surface area contributed by atoms with E-state index >= 15 is 0 Å². The van der Waals surface area contributed by atoms with Crippen LogP contribution in [0.1, 0.15) is 18.5 Å². The van der Waals surface area contributed by atoms with Gasteiger partial charge in [-0.2, -0.15) is 0 Å². The number of hydrogen-bond acceptors (Lipinski definition) is 3. The van der Waals surface area contributed by atoms with Crippen molar-refractivity contribution < 1.29 is 13.7 Å². The van der Waals surface area contributed by atoms with Crippen molar-refractivity contribution in [1.29, 1.82) is 0 Å². The van der Waals surface area contributed by atoms with Crippen molar-refractivity contribution in [2.75, 3.05) is 5.32 Å². The monoisotopic (exact) mass is 312 g/mol. The molecule has 0 amide bonds. The molecule has 2 aromatic rings. The van der Waals surface area contributed by atoms with Crippen molar-refractivity contribution in [2.45, 2.75) is 13.0 Å². The summed E-state index contributed by atoms with van der Waals surface area (Å²) < 4.78 is 27.6. The van der Waals surface area contributed by atoms with Gasteiger partial charge in [-0.05, 0) is 24.6 Å². The zero-order valence-electron chi connectivity index (χ0n) is 10.9. The summed E-state index contributed by atoms with van der Waals surface area (Å²) in [5.74, 6) is -2.04. The zero-order valence-corrected chi connectivity index (χ0v) is 11.7. The van der Waals surface area contributed by atoms with E-state index in [9.17, 15) is 18.9 Å². The van der Waals surface area contributed by atoms with Gasteiger partial charge in [-0.1, -0.05) is 23.7 Å². The predicted molar refractivity (Wildman–Crippen MR) is 76.5 cm³/mol. The molecule has 0 radical (unpaired) electrons. The largest absolute Gasteiger partial charge is 0.374 e. The van der Waals surface area contributed by atoms with Gasteiger partial charge in [-0.15, -0.1) is 0 Å². The topological polar surface area (TPSA) is 55.2 Å². The Bertz CT molecular complexity index is 671. The Balaban J connectivity index is 2.29. The maximum atomic E-state index is 13.8. The Hall–Kier alpha value is -2.21. The molecule has 0 spiro atoms. The van der Waals surface area contributed by atoms with Crippen LogP contribution in [0.4, 0.5) is 20.2 Å². The first-order chi connectivity index (χ1) is 9.88. The lowest BCUT2D eigenvalue weighted by atomic mass is 10.1. The first-order valence-electron chi connectivity index (χ1n) is 6.04. The van der Waals surface area contributed by atoms with Crippen LogP contribution in [0.5, 0.6) is 0 Å². The van der Waals surface area contributed by atoms with Crippen LogP contribution in [0.25, 0.3) is 0 Å². The van der Waals surface area contributed by atoms with Gasteiger partial charge in [-0.25, -0.2) is 8.78 Å².